The van der Waals surface area contributed by atoms with E-state index in [1.165, 1.54) is 19.6 Å². The molecule has 0 saturated carbocycles. The minimum atomic E-state index is -2.15. The van der Waals surface area contributed by atoms with Crippen molar-refractivity contribution in [3.63, 3.8) is 0 Å². The Bertz CT molecular complexity index is 1190. The van der Waals surface area contributed by atoms with Crippen LogP contribution in [0.4, 0.5) is 0 Å². The van der Waals surface area contributed by atoms with Crippen molar-refractivity contribution in [1.82, 2.24) is 0 Å². The maximum atomic E-state index is 11.8. The van der Waals surface area contributed by atoms with Crippen molar-refractivity contribution in [1.29, 1.82) is 0 Å². The van der Waals surface area contributed by atoms with Gasteiger partial charge in [0.25, 0.3) is 0 Å². The Hall–Kier alpha value is -1.65. The van der Waals surface area contributed by atoms with Gasteiger partial charge in [-0.2, -0.15) is 0 Å². The van der Waals surface area contributed by atoms with Crippen molar-refractivity contribution >= 4 is 36.9 Å². The van der Waals surface area contributed by atoms with Crippen LogP contribution in [-0.4, -0.2) is 61.8 Å². The highest BCUT2D eigenvalue weighted by Crippen LogP contribution is 2.46. The van der Waals surface area contributed by atoms with E-state index >= 15 is 0 Å². The monoisotopic (exact) mass is 750 g/mol. The fraction of sp³-hybridized carbons (Fsp3) is 0.800. The van der Waals surface area contributed by atoms with Crippen LogP contribution < -0.4 is 0 Å². The molecule has 0 fully saturated rings. The van der Waals surface area contributed by atoms with Crippen LogP contribution in [0.25, 0.3) is 0 Å². The molecule has 1 aliphatic carbocycles. The predicted molar refractivity (Wildman–Crippen MR) is 215 cm³/mol. The lowest BCUT2D eigenvalue weighted by Gasteiger charge is -2.37. The van der Waals surface area contributed by atoms with E-state index in [4.69, 9.17) is 22.8 Å². The third-order valence-corrected chi connectivity index (χ3v) is 20.6. The molecule has 2 unspecified atom stereocenters. The van der Waals surface area contributed by atoms with Gasteiger partial charge in [0, 0.05) is 38.5 Å². The van der Waals surface area contributed by atoms with Crippen molar-refractivity contribution in [2.24, 2.45) is 5.92 Å². The van der Waals surface area contributed by atoms with Gasteiger partial charge < -0.3 is 22.8 Å². The lowest BCUT2D eigenvalue weighted by atomic mass is 9.91. The van der Waals surface area contributed by atoms with Crippen molar-refractivity contribution in [2.45, 2.75) is 194 Å². The lowest BCUT2D eigenvalue weighted by Crippen LogP contribution is -2.42. The second-order valence-corrected chi connectivity index (χ2v) is 30.8. The maximum absolute atomic E-state index is 11.8. The number of rotatable bonds is 21. The Kier molecular flexibility index (Phi) is 19.1. The second kappa shape index (κ2) is 20.6. The highest BCUT2D eigenvalue weighted by molar-refractivity contribution is 6.74. The number of unbranched alkanes of at least 4 members (excludes halogenated alkanes) is 1. The number of ether oxygens (including phenoxy) is 2. The first-order chi connectivity index (χ1) is 23.1. The van der Waals surface area contributed by atoms with Gasteiger partial charge in [-0.05, 0) is 87.7 Å². The number of hydrogen-bond donors (Lipinski definition) is 0. The molecular formula is C40H74O7Si3. The zero-order valence-electron chi connectivity index (χ0n) is 34.7. The molecule has 1 rings (SSSR count). The summed E-state index contributed by atoms with van der Waals surface area (Å²) in [6.45, 7) is 31.1. The Balaban J connectivity index is 3.67. The fourth-order valence-electron chi connectivity index (χ4n) is 6.45. The molecule has 0 aliphatic heterocycles. The largest absolute Gasteiger partial charge is 0.546 e. The van der Waals surface area contributed by atoms with E-state index in [0.29, 0.717) is 12.8 Å². The highest BCUT2D eigenvalue weighted by Gasteiger charge is 2.45. The van der Waals surface area contributed by atoms with Crippen LogP contribution in [0.2, 0.25) is 55.9 Å². The molecule has 0 heterocycles. The molecule has 10 heteroatoms. The average molecular weight is 751 g/mol. The van der Waals surface area contributed by atoms with Gasteiger partial charge in [0.1, 0.15) is 0 Å². The third-order valence-electron chi connectivity index (χ3n) is 10.5. The molecule has 0 bridgehead atoms. The zero-order valence-corrected chi connectivity index (χ0v) is 37.7. The van der Waals surface area contributed by atoms with Crippen LogP contribution >= 0.6 is 0 Å². The first kappa shape index (κ1) is 46.4. The maximum Gasteiger partial charge on any atom is 0.305 e. The van der Waals surface area contributed by atoms with E-state index in [2.05, 4.69) is 112 Å². The summed E-state index contributed by atoms with van der Waals surface area (Å²) in [4.78, 5) is 23.6. The van der Waals surface area contributed by atoms with Crippen LogP contribution in [0.15, 0.2) is 23.5 Å². The van der Waals surface area contributed by atoms with E-state index in [9.17, 15) is 9.59 Å². The molecule has 50 heavy (non-hydrogen) atoms. The highest BCUT2D eigenvalue weighted by atomic mass is 28.4. The number of esters is 2. The van der Waals surface area contributed by atoms with Gasteiger partial charge in [0.15, 0.2) is 22.7 Å². The number of carbonyl (C=O) groups excluding carboxylic acids is 2. The van der Waals surface area contributed by atoms with E-state index < -0.39 is 37.0 Å². The molecule has 0 aromatic rings. The molecule has 0 radical (unpaired) electrons. The average Bonchev–Trinajstić information content (AvgIpc) is 3.31. The van der Waals surface area contributed by atoms with Gasteiger partial charge in [-0.25, -0.2) is 0 Å². The van der Waals surface area contributed by atoms with Gasteiger partial charge in [0.2, 0.25) is 8.32 Å². The van der Waals surface area contributed by atoms with Gasteiger partial charge in [-0.3, -0.25) is 9.59 Å². The Morgan fingerprint density at radius 2 is 1.62 bits per heavy atom. The molecule has 0 aromatic carbocycles. The Labute approximate surface area is 310 Å². The first-order valence-corrected chi connectivity index (χ1v) is 28.1. The fourth-order valence-corrected chi connectivity index (χ4v) is 12.1. The minimum absolute atomic E-state index is 0.0224. The van der Waals surface area contributed by atoms with Crippen LogP contribution in [-0.2, 0) is 32.3 Å². The van der Waals surface area contributed by atoms with Gasteiger partial charge in [-0.1, -0.05) is 85.3 Å². The van der Waals surface area contributed by atoms with Crippen molar-refractivity contribution in [3.05, 3.63) is 23.5 Å². The summed E-state index contributed by atoms with van der Waals surface area (Å²) >= 11 is 0. The van der Waals surface area contributed by atoms with Gasteiger partial charge >= 0.3 is 11.9 Å². The SMILES string of the molecule is CCCCC(C)(C/C=C/[C@@H]1C(CCC#CC(CCC(=O)OC)OC(C)=O)=C(O[Si](C)(C)C(C)(C)C)C[C@H]1O[Si](CC)(CC)CC)O[Si](C)(C)C. The van der Waals surface area contributed by atoms with Crippen LogP contribution in [0.3, 0.4) is 0 Å². The summed E-state index contributed by atoms with van der Waals surface area (Å²) in [6.07, 6.45) is 10.8. The zero-order chi connectivity index (χ0) is 38.4. The van der Waals surface area contributed by atoms with Crippen molar-refractivity contribution < 1.29 is 32.3 Å². The molecule has 4 atom stereocenters. The Morgan fingerprint density at radius 1 is 1.00 bits per heavy atom. The summed E-state index contributed by atoms with van der Waals surface area (Å²) in [6, 6.07) is 3.28. The normalized spacial score (nSPS) is 19.2. The van der Waals surface area contributed by atoms with E-state index in [1.54, 1.807) is 0 Å². The van der Waals surface area contributed by atoms with Crippen molar-refractivity contribution in [3.8, 4) is 11.8 Å². The van der Waals surface area contributed by atoms with Crippen LogP contribution in [0.5, 0.6) is 0 Å². The topological polar surface area (TPSA) is 80.3 Å². The predicted octanol–water partition coefficient (Wildman–Crippen LogP) is 11.1. The summed E-state index contributed by atoms with van der Waals surface area (Å²) in [5.74, 6) is 6.82. The molecule has 0 spiro atoms. The molecule has 7 nitrogen and oxygen atoms in total. The first-order valence-electron chi connectivity index (χ1n) is 19.3. The van der Waals surface area contributed by atoms with Gasteiger partial charge in [0.05, 0.1) is 24.6 Å². The minimum Gasteiger partial charge on any atom is -0.546 e. The Morgan fingerprint density at radius 3 is 2.12 bits per heavy atom. The molecule has 0 aromatic heterocycles. The summed E-state index contributed by atoms with van der Waals surface area (Å²) < 4.78 is 31.5. The smallest absolute Gasteiger partial charge is 0.305 e. The molecule has 0 saturated heterocycles. The number of hydrogen-bond acceptors (Lipinski definition) is 7. The van der Waals surface area contributed by atoms with Crippen molar-refractivity contribution in [2.75, 3.05) is 7.11 Å². The molecule has 0 amide bonds. The van der Waals surface area contributed by atoms with Gasteiger partial charge in [-0.15, -0.1) is 0 Å². The van der Waals surface area contributed by atoms with E-state index in [0.717, 1.165) is 62.4 Å². The lowest BCUT2D eigenvalue weighted by molar-refractivity contribution is -0.147. The number of carbonyl (C=O) groups is 2. The quantitative estimate of drug-likeness (QED) is 0.0500. The molecule has 288 valence electrons. The molecule has 0 N–H and O–H groups in total. The number of methoxy groups -OCH3 is 1. The van der Waals surface area contributed by atoms with Crippen LogP contribution in [0, 0.1) is 17.8 Å². The second-order valence-electron chi connectivity index (χ2n) is 16.9. The standard InChI is InChI=1S/C40H74O7Si3/c1-16-20-29-40(9,47-48(11,12)13)30-23-26-35-34(25-22-21-24-33(44-32(5)41)27-28-38(42)43-10)36(45-49(14,15)39(6,7)8)31-37(35)46-50(17-2,18-3)19-4/h23,26,33,35,37H,16-20,22,25,27-31H2,1-15H3/b26-23+/t33?,35-,37-,40?/m1/s1. The molecule has 1 aliphatic rings. The van der Waals surface area contributed by atoms with Crippen LogP contribution in [0.1, 0.15) is 120 Å². The summed E-state index contributed by atoms with van der Waals surface area (Å²) in [7, 11) is -4.48. The third kappa shape index (κ3) is 15.5. The van der Waals surface area contributed by atoms with E-state index in [-0.39, 0.29) is 35.1 Å². The van der Waals surface area contributed by atoms with E-state index in [1.807, 2.05) is 0 Å². The molecular weight excluding hydrogens is 677 g/mol. The summed E-state index contributed by atoms with van der Waals surface area (Å²) in [5, 5.41) is 0.0517. The summed E-state index contributed by atoms with van der Waals surface area (Å²) in [5.41, 5.74) is 1.07.